The highest BCUT2D eigenvalue weighted by atomic mass is 32.1. The Morgan fingerprint density at radius 2 is 1.81 bits per heavy atom. The highest BCUT2D eigenvalue weighted by Gasteiger charge is 2.33. The number of anilines is 3. The molecule has 43 heavy (non-hydrogen) atoms. The molecule has 0 aromatic heterocycles. The van der Waals surface area contributed by atoms with Gasteiger partial charge in [-0.2, -0.15) is 0 Å². The third-order valence-electron chi connectivity index (χ3n) is 7.19. The molecule has 2 fully saturated rings. The number of alkyl halides is 2. The van der Waals surface area contributed by atoms with Gasteiger partial charge in [0.25, 0.3) is 6.43 Å². The SMILES string of the molecule is NC(=O)CNc1ccc(C(O)CCC(=O)N2CCN(c3ccc(N4C[C@H](CNC(=S)C(F)F)OC4=O)cc3F)CC2)cc1. The number of carbonyl (C=O) groups excluding carboxylic acids is 3. The van der Waals surface area contributed by atoms with Crippen molar-refractivity contribution in [3.8, 4) is 0 Å². The zero-order chi connectivity index (χ0) is 31.1. The number of aliphatic hydroxyl groups is 1. The third kappa shape index (κ3) is 8.47. The summed E-state index contributed by atoms with van der Waals surface area (Å²) in [5, 5.41) is 15.7. The molecule has 2 aliphatic rings. The first-order valence-corrected chi connectivity index (χ1v) is 14.1. The van der Waals surface area contributed by atoms with E-state index >= 15 is 4.39 Å². The van der Waals surface area contributed by atoms with Crippen LogP contribution in [-0.4, -0.2) is 91.2 Å². The maximum absolute atomic E-state index is 15.1. The Morgan fingerprint density at radius 3 is 2.44 bits per heavy atom. The molecule has 2 aliphatic heterocycles. The van der Waals surface area contributed by atoms with E-state index in [1.54, 1.807) is 41.3 Å². The number of primary amides is 1. The summed E-state index contributed by atoms with van der Waals surface area (Å²) in [7, 11) is 0. The summed E-state index contributed by atoms with van der Waals surface area (Å²) < 4.78 is 45.5. The van der Waals surface area contributed by atoms with Crippen LogP contribution >= 0.6 is 12.2 Å². The van der Waals surface area contributed by atoms with Crippen LogP contribution in [0.5, 0.6) is 0 Å². The van der Waals surface area contributed by atoms with Crippen molar-refractivity contribution in [3.05, 3.63) is 53.8 Å². The number of piperazine rings is 1. The number of nitrogens with zero attached hydrogens (tertiary/aromatic N) is 3. The normalized spacial score (nSPS) is 17.6. The summed E-state index contributed by atoms with van der Waals surface area (Å²) in [6.45, 7) is 1.51. The molecule has 0 bridgehead atoms. The number of amides is 3. The lowest BCUT2D eigenvalue weighted by Crippen LogP contribution is -2.49. The van der Waals surface area contributed by atoms with Crippen LogP contribution < -0.4 is 26.2 Å². The molecule has 232 valence electrons. The lowest BCUT2D eigenvalue weighted by Gasteiger charge is -2.36. The van der Waals surface area contributed by atoms with Crippen molar-refractivity contribution >= 4 is 52.2 Å². The minimum atomic E-state index is -2.81. The van der Waals surface area contributed by atoms with Crippen molar-refractivity contribution in [2.45, 2.75) is 31.5 Å². The van der Waals surface area contributed by atoms with Gasteiger partial charge in [-0.1, -0.05) is 24.4 Å². The number of nitrogens with one attached hydrogen (secondary N) is 2. The second kappa shape index (κ2) is 14.4. The Morgan fingerprint density at radius 1 is 1.12 bits per heavy atom. The van der Waals surface area contributed by atoms with Gasteiger partial charge >= 0.3 is 6.09 Å². The van der Waals surface area contributed by atoms with Crippen molar-refractivity contribution in [2.24, 2.45) is 5.73 Å². The molecule has 2 atom stereocenters. The first-order valence-electron chi connectivity index (χ1n) is 13.7. The standard InChI is InChI=1S/C28H33F3N6O5S/c29-21-13-19(37-16-20(42-28(37)41)14-34-27(43)26(30)31)5-6-22(21)35-9-11-36(12-10-35)25(40)8-7-23(38)17-1-3-18(4-2-17)33-15-24(32)39/h1-6,13,20,23,26,33,38H,7-12,14-16H2,(H2,32,39)(H,34,43)/t20-,23?/m0/s1. The van der Waals surface area contributed by atoms with E-state index in [0.29, 0.717) is 43.1 Å². The van der Waals surface area contributed by atoms with Gasteiger partial charge in [0.05, 0.1) is 37.1 Å². The molecular weight excluding hydrogens is 589 g/mol. The van der Waals surface area contributed by atoms with Crippen LogP contribution in [0.1, 0.15) is 24.5 Å². The molecule has 11 nitrogen and oxygen atoms in total. The fraction of sp³-hybridized carbons (Fsp3) is 0.429. The van der Waals surface area contributed by atoms with Crippen LogP contribution in [0.4, 0.5) is 35.0 Å². The molecule has 15 heteroatoms. The molecular formula is C28H33F3N6O5S. The van der Waals surface area contributed by atoms with Gasteiger partial charge in [0.1, 0.15) is 16.9 Å². The van der Waals surface area contributed by atoms with Gasteiger partial charge in [-0.3, -0.25) is 14.5 Å². The first kappa shape index (κ1) is 31.8. The summed E-state index contributed by atoms with van der Waals surface area (Å²) in [4.78, 5) is 40.0. The van der Waals surface area contributed by atoms with Crippen molar-refractivity contribution in [1.29, 1.82) is 0 Å². The number of carbonyl (C=O) groups is 3. The highest BCUT2D eigenvalue weighted by molar-refractivity contribution is 7.80. The molecule has 0 aliphatic carbocycles. The third-order valence-corrected chi connectivity index (χ3v) is 7.51. The Bertz CT molecular complexity index is 1330. The van der Waals surface area contributed by atoms with Crippen molar-refractivity contribution < 1.29 is 37.4 Å². The summed E-state index contributed by atoms with van der Waals surface area (Å²) >= 11 is 4.52. The predicted octanol–water partition coefficient (Wildman–Crippen LogP) is 2.39. The minimum Gasteiger partial charge on any atom is -0.442 e. The number of benzene rings is 2. The molecule has 0 saturated carbocycles. The Balaban J connectivity index is 1.23. The van der Waals surface area contributed by atoms with Crippen LogP contribution in [0.2, 0.25) is 0 Å². The number of ether oxygens (including phenoxy) is 1. The van der Waals surface area contributed by atoms with Gasteiger partial charge in [-0.25, -0.2) is 18.0 Å². The van der Waals surface area contributed by atoms with Gasteiger partial charge in [0.2, 0.25) is 11.8 Å². The molecule has 0 radical (unpaired) electrons. The average Bonchev–Trinajstić information content (AvgIpc) is 3.37. The minimum absolute atomic E-state index is 0.000229. The fourth-order valence-corrected chi connectivity index (χ4v) is 4.93. The van der Waals surface area contributed by atoms with E-state index < -0.39 is 41.4 Å². The molecule has 5 N–H and O–H groups in total. The van der Waals surface area contributed by atoms with Crippen LogP contribution in [0.3, 0.4) is 0 Å². The van der Waals surface area contributed by atoms with Crippen LogP contribution in [0.25, 0.3) is 0 Å². The summed E-state index contributed by atoms with van der Waals surface area (Å²) in [5.74, 6) is -1.15. The number of aliphatic hydroxyl groups excluding tert-OH is 1. The molecule has 2 aromatic rings. The Hall–Kier alpha value is -4.11. The monoisotopic (exact) mass is 622 g/mol. The summed E-state index contributed by atoms with van der Waals surface area (Å²) in [5.41, 5.74) is 7.04. The van der Waals surface area contributed by atoms with Crippen LogP contribution in [0, 0.1) is 5.82 Å². The van der Waals surface area contributed by atoms with Crippen LogP contribution in [-0.2, 0) is 14.3 Å². The van der Waals surface area contributed by atoms with Crippen molar-refractivity contribution in [1.82, 2.24) is 10.2 Å². The second-order valence-electron chi connectivity index (χ2n) is 10.2. The van der Waals surface area contributed by atoms with Gasteiger partial charge in [0, 0.05) is 38.3 Å². The number of nitrogens with two attached hydrogens (primary N) is 1. The Kier molecular flexibility index (Phi) is 10.6. The second-order valence-corrected chi connectivity index (χ2v) is 10.6. The summed E-state index contributed by atoms with van der Waals surface area (Å²) in [6, 6.07) is 11.2. The molecule has 0 spiro atoms. The number of rotatable bonds is 12. The lowest BCUT2D eigenvalue weighted by atomic mass is 10.0. The van der Waals surface area contributed by atoms with E-state index in [1.165, 1.54) is 11.0 Å². The molecule has 2 aromatic carbocycles. The lowest BCUT2D eigenvalue weighted by molar-refractivity contribution is -0.132. The number of cyclic esters (lactones) is 1. The van der Waals surface area contributed by atoms with E-state index in [2.05, 4.69) is 22.9 Å². The zero-order valence-corrected chi connectivity index (χ0v) is 24.0. The van der Waals surface area contributed by atoms with E-state index in [9.17, 15) is 28.3 Å². The molecule has 2 saturated heterocycles. The molecule has 2 heterocycles. The van der Waals surface area contributed by atoms with Crippen molar-refractivity contribution in [3.63, 3.8) is 0 Å². The largest absolute Gasteiger partial charge is 0.442 e. The predicted molar refractivity (Wildman–Crippen MR) is 158 cm³/mol. The maximum atomic E-state index is 15.1. The zero-order valence-electron chi connectivity index (χ0n) is 23.2. The number of thiocarbonyl (C=S) groups is 1. The summed E-state index contributed by atoms with van der Waals surface area (Å²) in [6.07, 6.45) is -4.71. The van der Waals surface area contributed by atoms with Gasteiger partial charge in [-0.15, -0.1) is 0 Å². The average molecular weight is 623 g/mol. The van der Waals surface area contributed by atoms with Gasteiger partial charge in [-0.05, 0) is 42.3 Å². The number of hydrogen-bond donors (Lipinski definition) is 4. The van der Waals surface area contributed by atoms with E-state index in [1.807, 2.05) is 4.90 Å². The molecule has 1 unspecified atom stereocenters. The first-order chi connectivity index (χ1) is 20.5. The molecule has 3 amide bonds. The van der Waals surface area contributed by atoms with Gasteiger partial charge < -0.3 is 36.0 Å². The number of hydrogen-bond acceptors (Lipinski definition) is 8. The van der Waals surface area contributed by atoms with Crippen molar-refractivity contribution in [2.75, 3.05) is 60.9 Å². The molecule has 4 rings (SSSR count). The number of halogens is 3. The van der Waals surface area contributed by atoms with Crippen LogP contribution in [0.15, 0.2) is 42.5 Å². The maximum Gasteiger partial charge on any atom is 0.414 e. The van der Waals surface area contributed by atoms with Gasteiger partial charge in [0.15, 0.2) is 0 Å². The quantitative estimate of drug-likeness (QED) is 0.263. The smallest absolute Gasteiger partial charge is 0.414 e. The van der Waals surface area contributed by atoms with E-state index in [4.69, 9.17) is 10.5 Å². The highest BCUT2D eigenvalue weighted by Crippen LogP contribution is 2.29. The Labute approximate surface area is 251 Å². The topological polar surface area (TPSA) is 140 Å². The van der Waals surface area contributed by atoms with E-state index in [0.717, 1.165) is 0 Å². The van der Waals surface area contributed by atoms with E-state index in [-0.39, 0.29) is 44.1 Å². The fourth-order valence-electron chi connectivity index (χ4n) is 4.84.